The Morgan fingerprint density at radius 3 is 1.64 bits per heavy atom. The number of benzene rings is 6. The van der Waals surface area contributed by atoms with E-state index in [2.05, 4.69) is 147 Å². The number of hydrogen-bond acceptors (Lipinski definition) is 0. The van der Waals surface area contributed by atoms with E-state index in [4.69, 9.17) is 0 Å². The first-order valence-corrected chi connectivity index (χ1v) is 12.5. The average molecular weight is 461 g/mol. The van der Waals surface area contributed by atoms with E-state index in [1.165, 1.54) is 66.4 Å². The molecule has 0 heterocycles. The molecule has 0 N–H and O–H groups in total. The van der Waals surface area contributed by atoms with Crippen molar-refractivity contribution < 1.29 is 0 Å². The molecule has 0 bridgehead atoms. The van der Waals surface area contributed by atoms with Gasteiger partial charge in [0.1, 0.15) is 0 Å². The van der Waals surface area contributed by atoms with Gasteiger partial charge in [-0.25, -0.2) is 0 Å². The summed E-state index contributed by atoms with van der Waals surface area (Å²) in [5, 5.41) is 2.54. The van der Waals surface area contributed by atoms with Crippen molar-refractivity contribution in [1.29, 1.82) is 0 Å². The molecule has 0 saturated carbocycles. The van der Waals surface area contributed by atoms with Crippen LogP contribution < -0.4 is 0 Å². The van der Waals surface area contributed by atoms with Gasteiger partial charge in [0.15, 0.2) is 0 Å². The zero-order chi connectivity index (χ0) is 24.5. The van der Waals surface area contributed by atoms with Crippen molar-refractivity contribution in [3.63, 3.8) is 0 Å². The molecule has 6 aromatic rings. The summed E-state index contributed by atoms with van der Waals surface area (Å²) in [6, 6.07) is 48.2. The van der Waals surface area contributed by atoms with Crippen LogP contribution in [-0.4, -0.2) is 0 Å². The second-order valence-corrected chi connectivity index (χ2v) is 9.42. The summed E-state index contributed by atoms with van der Waals surface area (Å²) in [4.78, 5) is 0. The molecule has 0 spiro atoms. The SMILES string of the molecule is Cc1cc(-c2ccccc2)c(-c2cccc3ccccc23)c(-c2ccccc2-c2ccccc2)c1C. The molecule has 172 valence electrons. The van der Waals surface area contributed by atoms with E-state index < -0.39 is 0 Å². The molecule has 0 aromatic heterocycles. The molecule has 0 amide bonds. The summed E-state index contributed by atoms with van der Waals surface area (Å²) in [7, 11) is 0. The minimum Gasteiger partial charge on any atom is -0.0622 e. The van der Waals surface area contributed by atoms with Crippen LogP contribution in [0.25, 0.3) is 55.3 Å². The number of hydrogen-bond donors (Lipinski definition) is 0. The van der Waals surface area contributed by atoms with Crippen molar-refractivity contribution in [3.05, 3.63) is 145 Å². The summed E-state index contributed by atoms with van der Waals surface area (Å²) >= 11 is 0. The largest absolute Gasteiger partial charge is 0.0622 e. The standard InChI is InChI=1S/C36H28/c1-25-24-34(29-16-7-4-8-17-29)36(33-23-13-19-28-18-9-10-20-31(28)33)35(26(25)2)32-22-12-11-21-30(32)27-14-5-3-6-15-27/h3-24H,1-2H3. The molecule has 0 atom stereocenters. The first-order chi connectivity index (χ1) is 17.7. The molecule has 0 aliphatic rings. The summed E-state index contributed by atoms with van der Waals surface area (Å²) in [5.41, 5.74) is 12.8. The average Bonchev–Trinajstić information content (AvgIpc) is 2.95. The third kappa shape index (κ3) is 3.82. The van der Waals surface area contributed by atoms with E-state index in [9.17, 15) is 0 Å². The van der Waals surface area contributed by atoms with Crippen LogP contribution in [-0.2, 0) is 0 Å². The van der Waals surface area contributed by atoms with Crippen LogP contribution in [0.2, 0.25) is 0 Å². The lowest BCUT2D eigenvalue weighted by atomic mass is 9.80. The zero-order valence-electron chi connectivity index (χ0n) is 20.7. The van der Waals surface area contributed by atoms with E-state index in [0.29, 0.717) is 0 Å². The highest BCUT2D eigenvalue weighted by Gasteiger charge is 2.21. The Morgan fingerprint density at radius 2 is 0.917 bits per heavy atom. The molecule has 0 unspecified atom stereocenters. The van der Waals surface area contributed by atoms with Crippen molar-refractivity contribution in [2.75, 3.05) is 0 Å². The van der Waals surface area contributed by atoms with Crippen LogP contribution in [0, 0.1) is 13.8 Å². The molecule has 0 heteroatoms. The zero-order valence-corrected chi connectivity index (χ0v) is 20.7. The van der Waals surface area contributed by atoms with Crippen LogP contribution in [0.5, 0.6) is 0 Å². The van der Waals surface area contributed by atoms with Crippen molar-refractivity contribution in [3.8, 4) is 44.5 Å². The lowest BCUT2D eigenvalue weighted by molar-refractivity contribution is 1.34. The molecule has 0 aliphatic carbocycles. The second-order valence-electron chi connectivity index (χ2n) is 9.42. The number of aryl methyl sites for hydroxylation is 1. The second kappa shape index (κ2) is 9.32. The highest BCUT2D eigenvalue weighted by Crippen LogP contribution is 2.47. The molecule has 0 fully saturated rings. The predicted octanol–water partition coefficient (Wildman–Crippen LogP) is 10.1. The molecular formula is C36H28. The fourth-order valence-electron chi connectivity index (χ4n) is 5.39. The van der Waals surface area contributed by atoms with Gasteiger partial charge in [-0.15, -0.1) is 0 Å². The third-order valence-corrected chi connectivity index (χ3v) is 7.27. The van der Waals surface area contributed by atoms with E-state index in [0.717, 1.165) is 0 Å². The highest BCUT2D eigenvalue weighted by molar-refractivity contribution is 6.07. The van der Waals surface area contributed by atoms with Crippen molar-refractivity contribution in [2.45, 2.75) is 13.8 Å². The molecule has 0 radical (unpaired) electrons. The van der Waals surface area contributed by atoms with Crippen molar-refractivity contribution in [1.82, 2.24) is 0 Å². The Morgan fingerprint density at radius 1 is 0.389 bits per heavy atom. The summed E-state index contributed by atoms with van der Waals surface area (Å²) in [6.45, 7) is 4.51. The predicted molar refractivity (Wildman–Crippen MR) is 155 cm³/mol. The molecule has 36 heavy (non-hydrogen) atoms. The molecule has 0 saturated heterocycles. The van der Waals surface area contributed by atoms with E-state index in [-0.39, 0.29) is 0 Å². The smallest absolute Gasteiger partial charge is 0.00175 e. The Labute approximate surface area is 213 Å². The van der Waals surface area contributed by atoms with E-state index in [1.54, 1.807) is 0 Å². The van der Waals surface area contributed by atoms with Crippen LogP contribution in [0.1, 0.15) is 11.1 Å². The van der Waals surface area contributed by atoms with Gasteiger partial charge in [-0.05, 0) is 80.3 Å². The fourth-order valence-corrected chi connectivity index (χ4v) is 5.39. The molecule has 6 aromatic carbocycles. The Hall–Kier alpha value is -4.42. The Bertz CT molecular complexity index is 1670. The molecular weight excluding hydrogens is 432 g/mol. The molecule has 0 nitrogen and oxygen atoms in total. The van der Waals surface area contributed by atoms with Crippen LogP contribution >= 0.6 is 0 Å². The van der Waals surface area contributed by atoms with Crippen LogP contribution in [0.4, 0.5) is 0 Å². The first-order valence-electron chi connectivity index (χ1n) is 12.5. The normalized spacial score (nSPS) is 11.1. The van der Waals surface area contributed by atoms with Crippen LogP contribution in [0.15, 0.2) is 133 Å². The van der Waals surface area contributed by atoms with Gasteiger partial charge in [0, 0.05) is 0 Å². The fraction of sp³-hybridized carbons (Fsp3) is 0.0556. The van der Waals surface area contributed by atoms with Gasteiger partial charge in [0.2, 0.25) is 0 Å². The van der Waals surface area contributed by atoms with Gasteiger partial charge in [0.25, 0.3) is 0 Å². The number of fused-ring (bicyclic) bond motifs is 1. The summed E-state index contributed by atoms with van der Waals surface area (Å²) in [6.07, 6.45) is 0. The summed E-state index contributed by atoms with van der Waals surface area (Å²) < 4.78 is 0. The maximum atomic E-state index is 2.37. The van der Waals surface area contributed by atoms with Gasteiger partial charge >= 0.3 is 0 Å². The maximum Gasteiger partial charge on any atom is -0.00175 e. The van der Waals surface area contributed by atoms with Crippen LogP contribution in [0.3, 0.4) is 0 Å². The monoisotopic (exact) mass is 460 g/mol. The van der Waals surface area contributed by atoms with Gasteiger partial charge < -0.3 is 0 Å². The summed E-state index contributed by atoms with van der Waals surface area (Å²) in [5.74, 6) is 0. The quantitative estimate of drug-likeness (QED) is 0.245. The molecule has 0 aliphatic heterocycles. The Balaban J connectivity index is 1.78. The van der Waals surface area contributed by atoms with E-state index in [1.807, 2.05) is 0 Å². The van der Waals surface area contributed by atoms with Crippen molar-refractivity contribution in [2.24, 2.45) is 0 Å². The minimum atomic E-state index is 1.24. The molecule has 6 rings (SSSR count). The van der Waals surface area contributed by atoms with E-state index >= 15 is 0 Å². The maximum absolute atomic E-state index is 2.37. The first kappa shape index (κ1) is 22.1. The van der Waals surface area contributed by atoms with Crippen molar-refractivity contribution >= 4 is 10.8 Å². The lowest BCUT2D eigenvalue weighted by Crippen LogP contribution is -1.98. The van der Waals surface area contributed by atoms with Gasteiger partial charge in [-0.3, -0.25) is 0 Å². The minimum absolute atomic E-state index is 1.24. The lowest BCUT2D eigenvalue weighted by Gasteiger charge is -2.23. The highest BCUT2D eigenvalue weighted by atomic mass is 14.2. The Kier molecular flexibility index (Phi) is 5.71. The van der Waals surface area contributed by atoms with Gasteiger partial charge in [-0.2, -0.15) is 0 Å². The van der Waals surface area contributed by atoms with Gasteiger partial charge in [-0.1, -0.05) is 133 Å². The number of rotatable bonds is 4. The third-order valence-electron chi connectivity index (χ3n) is 7.27. The van der Waals surface area contributed by atoms with Gasteiger partial charge in [0.05, 0.1) is 0 Å². The topological polar surface area (TPSA) is 0 Å².